The van der Waals surface area contributed by atoms with Crippen LogP contribution in [0.5, 0.6) is 0 Å². The van der Waals surface area contributed by atoms with Crippen molar-refractivity contribution in [3.63, 3.8) is 0 Å². The van der Waals surface area contributed by atoms with Gasteiger partial charge in [0.2, 0.25) is 0 Å². The predicted molar refractivity (Wildman–Crippen MR) is 137 cm³/mol. The minimum atomic E-state index is -1.48. The minimum absolute atomic E-state index is 0.614. The Kier molecular flexibility index (Phi) is 9.96. The quantitative estimate of drug-likeness (QED) is 0.226. The molecule has 31 heavy (non-hydrogen) atoms. The van der Waals surface area contributed by atoms with Crippen LogP contribution in [-0.4, -0.2) is 28.8 Å². The van der Waals surface area contributed by atoms with Gasteiger partial charge in [-0.25, -0.2) is 0 Å². The van der Waals surface area contributed by atoms with Crippen LogP contribution < -0.4 is 0 Å². The molecule has 0 saturated heterocycles. The Morgan fingerprint density at radius 2 is 1.58 bits per heavy atom. The first-order valence-electron chi connectivity index (χ1n) is 11.9. The summed E-state index contributed by atoms with van der Waals surface area (Å²) >= 11 is 0. The molecule has 2 rings (SSSR count). The first-order chi connectivity index (χ1) is 14.6. The molecule has 1 unspecified atom stereocenters. The molecular formula is C26H41NO2Si2. The van der Waals surface area contributed by atoms with Gasteiger partial charge >= 0.3 is 0 Å². The van der Waals surface area contributed by atoms with Crippen molar-refractivity contribution in [3.05, 3.63) is 54.1 Å². The molecule has 1 aromatic rings. The molecular weight excluding hydrogens is 414 g/mol. The molecule has 0 spiro atoms. The van der Waals surface area contributed by atoms with Crippen molar-refractivity contribution >= 4 is 22.2 Å². The van der Waals surface area contributed by atoms with Crippen molar-refractivity contribution in [2.75, 3.05) is 6.61 Å². The topological polar surface area (TPSA) is 42.2 Å². The van der Waals surface area contributed by atoms with Crippen LogP contribution in [0.4, 0.5) is 0 Å². The van der Waals surface area contributed by atoms with Crippen molar-refractivity contribution in [3.8, 4) is 6.07 Å². The molecule has 1 aliphatic carbocycles. The highest BCUT2D eigenvalue weighted by molar-refractivity contribution is 6.84. The van der Waals surface area contributed by atoms with Crippen LogP contribution >= 0.6 is 0 Å². The molecule has 0 heterocycles. The fourth-order valence-corrected chi connectivity index (χ4v) is 12.3. The number of hydrogen-bond acceptors (Lipinski definition) is 3. The van der Waals surface area contributed by atoms with Crippen molar-refractivity contribution in [2.45, 2.75) is 89.3 Å². The summed E-state index contributed by atoms with van der Waals surface area (Å²) in [5, 5.41) is 9.67. The lowest BCUT2D eigenvalue weighted by Gasteiger charge is -2.31. The zero-order chi connectivity index (χ0) is 22.8. The van der Waals surface area contributed by atoms with Crippen molar-refractivity contribution in [1.29, 1.82) is 5.26 Å². The summed E-state index contributed by atoms with van der Waals surface area (Å²) in [4.78, 5) is 0. The maximum atomic E-state index is 9.67. The van der Waals surface area contributed by atoms with Crippen LogP contribution in [0, 0.1) is 11.3 Å². The van der Waals surface area contributed by atoms with E-state index in [1.165, 1.54) is 43.7 Å². The van der Waals surface area contributed by atoms with Gasteiger partial charge in [-0.2, -0.15) is 5.26 Å². The molecule has 0 aliphatic heterocycles. The zero-order valence-corrected chi connectivity index (χ0v) is 22.2. The number of benzene rings is 1. The summed E-state index contributed by atoms with van der Waals surface area (Å²) in [6.07, 6.45) is 14.0. The van der Waals surface area contributed by atoms with Gasteiger partial charge in [0.15, 0.2) is 22.2 Å². The van der Waals surface area contributed by atoms with Crippen molar-refractivity contribution < 1.29 is 8.85 Å². The number of hydrogen-bond donors (Lipinski definition) is 0. The summed E-state index contributed by atoms with van der Waals surface area (Å²) in [7, 11) is -2.89. The first kappa shape index (κ1) is 25.8. The van der Waals surface area contributed by atoms with Gasteiger partial charge in [-0.1, -0.05) is 74.6 Å². The van der Waals surface area contributed by atoms with E-state index >= 15 is 0 Å². The Hall–Kier alpha value is -1.46. The van der Waals surface area contributed by atoms with E-state index in [-0.39, 0.29) is 0 Å². The number of unbranched alkanes of at least 4 members (excludes halogenated alkanes) is 5. The highest BCUT2D eigenvalue weighted by atomic mass is 28.4. The minimum Gasteiger partial charge on any atom is -0.456 e. The second kappa shape index (κ2) is 12.0. The van der Waals surface area contributed by atoms with Crippen LogP contribution in [0.25, 0.3) is 5.57 Å². The van der Waals surface area contributed by atoms with Gasteiger partial charge in [-0.3, -0.25) is 0 Å². The third-order valence-electron chi connectivity index (χ3n) is 5.57. The van der Waals surface area contributed by atoms with E-state index in [9.17, 15) is 5.26 Å². The number of allylic oxidation sites excluding steroid dienone is 2. The number of rotatable bonds is 13. The molecule has 1 aromatic carbocycles. The van der Waals surface area contributed by atoms with Gasteiger partial charge in [-0.15, -0.1) is 0 Å². The molecule has 0 saturated carbocycles. The van der Waals surface area contributed by atoms with E-state index < -0.39 is 22.2 Å². The van der Waals surface area contributed by atoms with Crippen LogP contribution in [0.2, 0.25) is 38.8 Å². The Bertz CT molecular complexity index is 775. The van der Waals surface area contributed by atoms with E-state index in [1.54, 1.807) is 0 Å². The standard InChI is InChI=1S/C26H41NO2Si2/c1-30(2,3)29-31(4,5)22-14-9-7-6-8-13-21-28-26(23-27)19-17-25(18-20-26)24-15-11-10-12-16-24/h10-12,15-19H,6-9,13-14,20-22H2,1-5H3. The third kappa shape index (κ3) is 9.70. The third-order valence-corrected chi connectivity index (χ3v) is 11.8. The van der Waals surface area contributed by atoms with E-state index in [1.807, 2.05) is 30.4 Å². The molecule has 0 N–H and O–H groups in total. The van der Waals surface area contributed by atoms with Crippen molar-refractivity contribution in [2.24, 2.45) is 0 Å². The lowest BCUT2D eigenvalue weighted by Crippen LogP contribution is -2.42. The molecule has 5 heteroatoms. The molecule has 0 bridgehead atoms. The predicted octanol–water partition coefficient (Wildman–Crippen LogP) is 7.71. The lowest BCUT2D eigenvalue weighted by atomic mass is 9.90. The monoisotopic (exact) mass is 455 g/mol. The van der Waals surface area contributed by atoms with Gasteiger partial charge < -0.3 is 8.85 Å². The van der Waals surface area contributed by atoms with Crippen LogP contribution in [0.15, 0.2) is 48.6 Å². The molecule has 3 nitrogen and oxygen atoms in total. The highest BCUT2D eigenvalue weighted by Crippen LogP contribution is 2.29. The normalized spacial score (nSPS) is 19.2. The molecule has 0 fully saturated rings. The Balaban J connectivity index is 1.59. The van der Waals surface area contributed by atoms with Gasteiger partial charge in [0.1, 0.15) is 6.07 Å². The van der Waals surface area contributed by atoms with Gasteiger partial charge in [0, 0.05) is 13.0 Å². The smallest absolute Gasteiger partial charge is 0.176 e. The molecule has 0 radical (unpaired) electrons. The Morgan fingerprint density at radius 3 is 2.16 bits per heavy atom. The molecule has 170 valence electrons. The van der Waals surface area contributed by atoms with Crippen molar-refractivity contribution in [1.82, 2.24) is 0 Å². The molecule has 1 aliphatic rings. The van der Waals surface area contributed by atoms with Gasteiger partial charge in [0.05, 0.1) is 0 Å². The maximum Gasteiger partial charge on any atom is 0.176 e. The number of nitrogens with zero attached hydrogens (tertiary/aromatic N) is 1. The number of ether oxygens (including phenoxy) is 1. The summed E-state index contributed by atoms with van der Waals surface area (Å²) < 4.78 is 12.4. The van der Waals surface area contributed by atoms with E-state index in [4.69, 9.17) is 8.85 Å². The van der Waals surface area contributed by atoms with Crippen LogP contribution in [0.1, 0.15) is 50.5 Å². The fraction of sp³-hybridized carbons (Fsp3) is 0.577. The molecule has 1 atom stereocenters. The average Bonchev–Trinajstić information content (AvgIpc) is 2.72. The Labute approximate surface area is 192 Å². The lowest BCUT2D eigenvalue weighted by molar-refractivity contribution is 0.0323. The average molecular weight is 456 g/mol. The zero-order valence-electron chi connectivity index (χ0n) is 20.2. The van der Waals surface area contributed by atoms with Gasteiger partial charge in [0.25, 0.3) is 0 Å². The summed E-state index contributed by atoms with van der Waals surface area (Å²) in [5.41, 5.74) is 1.55. The fourth-order valence-electron chi connectivity index (χ4n) is 4.18. The van der Waals surface area contributed by atoms with Crippen LogP contribution in [-0.2, 0) is 8.85 Å². The largest absolute Gasteiger partial charge is 0.456 e. The summed E-state index contributed by atoms with van der Waals surface area (Å²) in [6.45, 7) is 12.3. The SMILES string of the molecule is C[Si](C)(C)O[Si](C)(C)CCCCCCCCOC1(C#N)C=CC(c2ccccc2)=CC1. The highest BCUT2D eigenvalue weighted by Gasteiger charge is 2.30. The van der Waals surface area contributed by atoms with Gasteiger partial charge in [-0.05, 0) is 62.4 Å². The second-order valence-corrected chi connectivity index (χ2v) is 19.3. The molecule has 0 amide bonds. The first-order valence-corrected chi connectivity index (χ1v) is 18.4. The second-order valence-electron chi connectivity index (χ2n) is 10.3. The summed E-state index contributed by atoms with van der Waals surface area (Å²) in [5.74, 6) is 0. The van der Waals surface area contributed by atoms with E-state index in [0.29, 0.717) is 13.0 Å². The molecule has 0 aromatic heterocycles. The van der Waals surface area contributed by atoms with E-state index in [2.05, 4.69) is 57.0 Å². The maximum absolute atomic E-state index is 9.67. The number of nitriles is 1. The van der Waals surface area contributed by atoms with Crippen LogP contribution in [0.3, 0.4) is 0 Å². The summed E-state index contributed by atoms with van der Waals surface area (Å²) in [6, 6.07) is 13.9. The Morgan fingerprint density at radius 1 is 0.935 bits per heavy atom. The van der Waals surface area contributed by atoms with E-state index in [0.717, 1.165) is 12.0 Å².